The van der Waals surface area contributed by atoms with Crippen molar-refractivity contribution in [3.63, 3.8) is 0 Å². The lowest BCUT2D eigenvalue weighted by atomic mass is 9.66. The van der Waals surface area contributed by atoms with Crippen LogP contribution in [-0.2, 0) is 16.6 Å². The number of nitrogens with one attached hydrogen (secondary N) is 1. The molecule has 1 unspecified atom stereocenters. The van der Waals surface area contributed by atoms with E-state index in [1.54, 1.807) is 18.2 Å². The van der Waals surface area contributed by atoms with Crippen LogP contribution in [-0.4, -0.2) is 26.8 Å². The monoisotopic (exact) mass is 275 g/mol. The molecule has 0 saturated carbocycles. The van der Waals surface area contributed by atoms with Crippen molar-refractivity contribution in [3.8, 4) is 0 Å². The second kappa shape index (κ2) is 7.24. The molecule has 1 aromatic carbocycles. The van der Waals surface area contributed by atoms with Crippen LogP contribution in [0, 0.1) is 5.92 Å². The van der Waals surface area contributed by atoms with Crippen molar-refractivity contribution < 1.29 is 4.74 Å². The first-order chi connectivity index (χ1) is 9.68. The van der Waals surface area contributed by atoms with Crippen molar-refractivity contribution in [2.45, 2.75) is 44.9 Å². The topological polar surface area (TPSA) is 21.3 Å². The maximum absolute atomic E-state index is 5.15. The summed E-state index contributed by atoms with van der Waals surface area (Å²) in [6, 6.07) is 9.06. The van der Waals surface area contributed by atoms with Gasteiger partial charge in [0.05, 0.1) is 6.61 Å². The lowest BCUT2D eigenvalue weighted by Crippen LogP contribution is -2.42. The molecule has 1 atom stereocenters. The lowest BCUT2D eigenvalue weighted by molar-refractivity contribution is 0.192. The van der Waals surface area contributed by atoms with Gasteiger partial charge in [-0.25, -0.2) is 0 Å². The maximum atomic E-state index is 5.15. The van der Waals surface area contributed by atoms with Crippen molar-refractivity contribution in [1.82, 2.24) is 5.32 Å². The van der Waals surface area contributed by atoms with Crippen LogP contribution in [0.4, 0.5) is 0 Å². The number of aryl methyl sites for hydroxylation is 1. The van der Waals surface area contributed by atoms with Crippen LogP contribution in [0.15, 0.2) is 24.3 Å². The van der Waals surface area contributed by atoms with Crippen LogP contribution in [0.25, 0.3) is 0 Å². The molecular formula is C18H29NO. The molecule has 20 heavy (non-hydrogen) atoms. The van der Waals surface area contributed by atoms with Crippen molar-refractivity contribution in [2.24, 2.45) is 5.92 Å². The first-order valence-electron chi connectivity index (χ1n) is 7.96. The summed E-state index contributed by atoms with van der Waals surface area (Å²) in [6.07, 6.45) is 5.13. The van der Waals surface area contributed by atoms with E-state index in [2.05, 4.69) is 43.4 Å². The van der Waals surface area contributed by atoms with E-state index in [1.807, 2.05) is 0 Å². The quantitative estimate of drug-likeness (QED) is 0.769. The highest BCUT2D eigenvalue weighted by molar-refractivity contribution is 5.37. The Bertz CT molecular complexity index is 416. The van der Waals surface area contributed by atoms with E-state index in [4.69, 9.17) is 4.74 Å². The van der Waals surface area contributed by atoms with Crippen molar-refractivity contribution in [1.29, 1.82) is 0 Å². The van der Waals surface area contributed by atoms with E-state index in [9.17, 15) is 0 Å². The highest BCUT2D eigenvalue weighted by Crippen LogP contribution is 2.41. The third kappa shape index (κ3) is 3.62. The number of ether oxygens (including phenoxy) is 1. The minimum absolute atomic E-state index is 0.316. The SMILES string of the molecule is COCCNCC1(CC(C)C)CCCc2ccccc21. The first kappa shape index (κ1) is 15.5. The highest BCUT2D eigenvalue weighted by Gasteiger charge is 2.36. The summed E-state index contributed by atoms with van der Waals surface area (Å²) < 4.78 is 5.15. The smallest absolute Gasteiger partial charge is 0.0587 e. The third-order valence-electron chi connectivity index (χ3n) is 4.44. The number of methoxy groups -OCH3 is 1. The van der Waals surface area contributed by atoms with Crippen LogP contribution in [0.5, 0.6) is 0 Å². The molecule has 0 heterocycles. The predicted molar refractivity (Wildman–Crippen MR) is 85.3 cm³/mol. The van der Waals surface area contributed by atoms with Gasteiger partial charge in [0.15, 0.2) is 0 Å². The van der Waals surface area contributed by atoms with Crippen LogP contribution in [0.2, 0.25) is 0 Å². The average molecular weight is 275 g/mol. The molecule has 0 radical (unpaired) electrons. The number of benzene rings is 1. The molecule has 2 heteroatoms. The molecular weight excluding hydrogens is 246 g/mol. The lowest BCUT2D eigenvalue weighted by Gasteiger charge is -2.41. The van der Waals surface area contributed by atoms with Gasteiger partial charge >= 0.3 is 0 Å². The molecule has 0 fully saturated rings. The van der Waals surface area contributed by atoms with Gasteiger partial charge in [-0.2, -0.15) is 0 Å². The second-order valence-electron chi connectivity index (χ2n) is 6.56. The summed E-state index contributed by atoms with van der Waals surface area (Å²) in [5, 5.41) is 3.62. The molecule has 0 aromatic heterocycles. The van der Waals surface area contributed by atoms with Crippen molar-refractivity contribution in [3.05, 3.63) is 35.4 Å². The van der Waals surface area contributed by atoms with Gasteiger partial charge in [0.25, 0.3) is 0 Å². The molecule has 1 aliphatic carbocycles. The van der Waals surface area contributed by atoms with Crippen LogP contribution >= 0.6 is 0 Å². The molecule has 0 amide bonds. The van der Waals surface area contributed by atoms with E-state index in [1.165, 1.54) is 25.7 Å². The fraction of sp³-hybridized carbons (Fsp3) is 0.667. The van der Waals surface area contributed by atoms with Gasteiger partial charge < -0.3 is 10.1 Å². The van der Waals surface area contributed by atoms with Gasteiger partial charge in [0, 0.05) is 25.6 Å². The fourth-order valence-corrected chi connectivity index (χ4v) is 3.76. The molecule has 2 rings (SSSR count). The standard InChI is InChI=1S/C18H29NO/c1-15(2)13-18(14-19-11-12-20-3)10-6-8-16-7-4-5-9-17(16)18/h4-5,7,9,15,19H,6,8,10-14H2,1-3H3. The summed E-state index contributed by atoms with van der Waals surface area (Å²) in [6.45, 7) is 7.49. The molecule has 1 N–H and O–H groups in total. The Morgan fingerprint density at radius 1 is 1.30 bits per heavy atom. The molecule has 112 valence electrons. The summed E-state index contributed by atoms with van der Waals surface area (Å²) in [7, 11) is 1.77. The molecule has 0 saturated heterocycles. The Balaban J connectivity index is 2.19. The van der Waals surface area contributed by atoms with Gasteiger partial charge in [-0.3, -0.25) is 0 Å². The zero-order valence-electron chi connectivity index (χ0n) is 13.2. The second-order valence-corrected chi connectivity index (χ2v) is 6.56. The van der Waals surface area contributed by atoms with Gasteiger partial charge in [0.2, 0.25) is 0 Å². The van der Waals surface area contributed by atoms with Crippen molar-refractivity contribution >= 4 is 0 Å². The largest absolute Gasteiger partial charge is 0.383 e. The van der Waals surface area contributed by atoms with Crippen LogP contribution in [0.1, 0.15) is 44.2 Å². The summed E-state index contributed by atoms with van der Waals surface area (Å²) in [4.78, 5) is 0. The van der Waals surface area contributed by atoms with Crippen LogP contribution < -0.4 is 5.32 Å². The number of hydrogen-bond acceptors (Lipinski definition) is 2. The van der Waals surface area contributed by atoms with E-state index >= 15 is 0 Å². The molecule has 1 aromatic rings. The fourth-order valence-electron chi connectivity index (χ4n) is 3.76. The summed E-state index contributed by atoms with van der Waals surface area (Å²) in [5.41, 5.74) is 3.47. The Hall–Kier alpha value is -0.860. The predicted octanol–water partition coefficient (Wildman–Crippen LogP) is 3.54. The minimum Gasteiger partial charge on any atom is -0.383 e. The van der Waals surface area contributed by atoms with Gasteiger partial charge in [-0.1, -0.05) is 38.1 Å². The Kier molecular flexibility index (Phi) is 5.62. The minimum atomic E-state index is 0.316. The van der Waals surface area contributed by atoms with Gasteiger partial charge in [-0.15, -0.1) is 0 Å². The zero-order valence-corrected chi connectivity index (χ0v) is 13.2. The van der Waals surface area contributed by atoms with Gasteiger partial charge in [-0.05, 0) is 42.7 Å². The molecule has 0 spiro atoms. The summed E-state index contributed by atoms with van der Waals surface area (Å²) >= 11 is 0. The number of hydrogen-bond donors (Lipinski definition) is 1. The highest BCUT2D eigenvalue weighted by atomic mass is 16.5. The van der Waals surface area contributed by atoms with E-state index in [-0.39, 0.29) is 0 Å². The van der Waals surface area contributed by atoms with Gasteiger partial charge in [0.1, 0.15) is 0 Å². The normalized spacial score (nSPS) is 22.0. The maximum Gasteiger partial charge on any atom is 0.0587 e. The van der Waals surface area contributed by atoms with E-state index in [0.29, 0.717) is 5.41 Å². The Labute approximate surface area is 123 Å². The molecule has 0 bridgehead atoms. The molecule has 1 aliphatic rings. The van der Waals surface area contributed by atoms with E-state index in [0.717, 1.165) is 25.6 Å². The summed E-state index contributed by atoms with van der Waals surface area (Å²) in [5.74, 6) is 0.727. The zero-order chi connectivity index (χ0) is 14.4. The Morgan fingerprint density at radius 2 is 2.10 bits per heavy atom. The van der Waals surface area contributed by atoms with Crippen LogP contribution in [0.3, 0.4) is 0 Å². The van der Waals surface area contributed by atoms with E-state index < -0.39 is 0 Å². The number of fused-ring (bicyclic) bond motifs is 1. The molecule has 2 nitrogen and oxygen atoms in total. The van der Waals surface area contributed by atoms with Crippen molar-refractivity contribution in [2.75, 3.05) is 26.8 Å². The third-order valence-corrected chi connectivity index (χ3v) is 4.44. The average Bonchev–Trinajstić information content (AvgIpc) is 2.44. The number of rotatable bonds is 7. The molecule has 0 aliphatic heterocycles. The first-order valence-corrected chi connectivity index (χ1v) is 7.96. The Morgan fingerprint density at radius 3 is 2.85 bits per heavy atom.